The summed E-state index contributed by atoms with van der Waals surface area (Å²) < 4.78 is 13.8. The Morgan fingerprint density at radius 2 is 2.09 bits per heavy atom. The van der Waals surface area contributed by atoms with Gasteiger partial charge < -0.3 is 10.2 Å². The summed E-state index contributed by atoms with van der Waals surface area (Å²) >= 11 is 0. The zero-order valence-electron chi connectivity index (χ0n) is 13.0. The quantitative estimate of drug-likeness (QED) is 0.933. The number of nitrogens with one attached hydrogen (secondary N) is 1. The van der Waals surface area contributed by atoms with Gasteiger partial charge in [-0.15, -0.1) is 0 Å². The molecule has 1 saturated heterocycles. The molecule has 22 heavy (non-hydrogen) atoms. The first-order valence-corrected chi connectivity index (χ1v) is 7.74. The van der Waals surface area contributed by atoms with Gasteiger partial charge >= 0.3 is 0 Å². The summed E-state index contributed by atoms with van der Waals surface area (Å²) in [5, 5.41) is 2.98. The van der Waals surface area contributed by atoms with Crippen molar-refractivity contribution in [1.29, 1.82) is 0 Å². The molecule has 0 amide bonds. The fourth-order valence-electron chi connectivity index (χ4n) is 2.85. The predicted octanol–water partition coefficient (Wildman–Crippen LogP) is 3.90. The second kappa shape index (κ2) is 6.30. The van der Waals surface area contributed by atoms with Gasteiger partial charge in [0.25, 0.3) is 0 Å². The monoisotopic (exact) mass is 300 g/mol. The summed E-state index contributed by atoms with van der Waals surface area (Å²) in [6.07, 6.45) is 2.45. The van der Waals surface area contributed by atoms with Gasteiger partial charge in [-0.3, -0.25) is 0 Å². The van der Waals surface area contributed by atoms with Gasteiger partial charge in [0.15, 0.2) is 0 Å². The van der Waals surface area contributed by atoms with Gasteiger partial charge in [0, 0.05) is 24.8 Å². The highest BCUT2D eigenvalue weighted by Gasteiger charge is 2.18. The van der Waals surface area contributed by atoms with Crippen LogP contribution in [0.3, 0.4) is 0 Å². The zero-order chi connectivity index (χ0) is 15.5. The Morgan fingerprint density at radius 1 is 1.27 bits per heavy atom. The third-order valence-electron chi connectivity index (χ3n) is 3.94. The van der Waals surface area contributed by atoms with Crippen LogP contribution in [0, 0.1) is 18.7 Å². The van der Waals surface area contributed by atoms with E-state index in [2.05, 4.69) is 27.1 Å². The van der Waals surface area contributed by atoms with Crippen molar-refractivity contribution in [2.24, 2.45) is 5.92 Å². The van der Waals surface area contributed by atoms with Crippen LogP contribution in [0.2, 0.25) is 0 Å². The van der Waals surface area contributed by atoms with Crippen molar-refractivity contribution < 1.29 is 4.39 Å². The number of piperidine rings is 1. The standard InChI is InChI=1S/C17H21FN4/c1-12-6-5-9-22(11-12)16-10-13(2)19-17(21-16)20-15-8-4-3-7-14(15)18/h3-4,7-8,10,12H,5-6,9,11H2,1-2H3,(H,19,20,21). The van der Waals surface area contributed by atoms with E-state index in [-0.39, 0.29) is 5.82 Å². The van der Waals surface area contributed by atoms with Crippen molar-refractivity contribution in [3.8, 4) is 0 Å². The van der Waals surface area contributed by atoms with E-state index in [0.29, 0.717) is 17.6 Å². The van der Waals surface area contributed by atoms with Crippen LogP contribution in [-0.4, -0.2) is 23.1 Å². The Morgan fingerprint density at radius 3 is 2.86 bits per heavy atom. The Bertz CT molecular complexity index is 659. The minimum atomic E-state index is -0.305. The molecular formula is C17H21FN4. The Labute approximate surface area is 130 Å². The molecule has 1 N–H and O–H groups in total. The normalized spacial score (nSPS) is 18.3. The van der Waals surface area contributed by atoms with E-state index < -0.39 is 0 Å². The van der Waals surface area contributed by atoms with Crippen molar-refractivity contribution in [3.05, 3.63) is 41.8 Å². The maximum atomic E-state index is 13.8. The molecule has 4 nitrogen and oxygen atoms in total. The van der Waals surface area contributed by atoms with Crippen molar-refractivity contribution in [1.82, 2.24) is 9.97 Å². The number of anilines is 3. The first kappa shape index (κ1) is 14.8. The summed E-state index contributed by atoms with van der Waals surface area (Å²) in [5.74, 6) is 1.73. The topological polar surface area (TPSA) is 41.1 Å². The smallest absolute Gasteiger partial charge is 0.229 e. The highest BCUT2D eigenvalue weighted by atomic mass is 19.1. The molecule has 116 valence electrons. The molecule has 0 aliphatic carbocycles. The maximum Gasteiger partial charge on any atom is 0.229 e. The lowest BCUT2D eigenvalue weighted by Gasteiger charge is -2.32. The molecule has 1 fully saturated rings. The van der Waals surface area contributed by atoms with Gasteiger partial charge in [0.2, 0.25) is 5.95 Å². The van der Waals surface area contributed by atoms with Gasteiger partial charge in [-0.25, -0.2) is 9.37 Å². The third-order valence-corrected chi connectivity index (χ3v) is 3.94. The Balaban J connectivity index is 1.85. The van der Waals surface area contributed by atoms with Crippen molar-refractivity contribution >= 4 is 17.5 Å². The SMILES string of the molecule is Cc1cc(N2CCCC(C)C2)nc(Nc2ccccc2F)n1. The number of halogens is 1. The Hall–Kier alpha value is -2.17. The maximum absolute atomic E-state index is 13.8. The lowest BCUT2D eigenvalue weighted by Crippen LogP contribution is -2.35. The van der Waals surface area contributed by atoms with E-state index in [0.717, 1.165) is 24.6 Å². The van der Waals surface area contributed by atoms with Crippen molar-refractivity contribution in [2.75, 3.05) is 23.3 Å². The van der Waals surface area contributed by atoms with Gasteiger partial charge in [-0.1, -0.05) is 19.1 Å². The Kier molecular flexibility index (Phi) is 4.22. The molecule has 0 radical (unpaired) electrons. The van der Waals surface area contributed by atoms with Crippen LogP contribution in [0.15, 0.2) is 30.3 Å². The van der Waals surface area contributed by atoms with Crippen LogP contribution in [0.1, 0.15) is 25.5 Å². The first-order chi connectivity index (χ1) is 10.6. The van der Waals surface area contributed by atoms with Gasteiger partial charge in [0.05, 0.1) is 5.69 Å². The van der Waals surface area contributed by atoms with Gasteiger partial charge in [0.1, 0.15) is 11.6 Å². The molecule has 1 atom stereocenters. The zero-order valence-corrected chi connectivity index (χ0v) is 13.0. The molecule has 3 rings (SSSR count). The van der Waals surface area contributed by atoms with E-state index in [4.69, 9.17) is 0 Å². The van der Waals surface area contributed by atoms with Crippen LogP contribution in [0.5, 0.6) is 0 Å². The number of nitrogens with zero attached hydrogens (tertiary/aromatic N) is 3. The lowest BCUT2D eigenvalue weighted by atomic mass is 10.0. The molecule has 2 heterocycles. The number of hydrogen-bond acceptors (Lipinski definition) is 4. The molecule has 2 aromatic rings. The summed E-state index contributed by atoms with van der Waals surface area (Å²) in [5.41, 5.74) is 1.27. The molecule has 0 bridgehead atoms. The predicted molar refractivity (Wildman–Crippen MR) is 87.1 cm³/mol. The minimum Gasteiger partial charge on any atom is -0.356 e. The van der Waals surface area contributed by atoms with E-state index >= 15 is 0 Å². The molecule has 0 saturated carbocycles. The number of aromatic nitrogens is 2. The number of aryl methyl sites for hydroxylation is 1. The molecule has 1 aliphatic rings. The molecule has 1 unspecified atom stereocenters. The van der Waals surface area contributed by atoms with Crippen molar-refractivity contribution in [3.63, 3.8) is 0 Å². The average molecular weight is 300 g/mol. The fraction of sp³-hybridized carbons (Fsp3) is 0.412. The third kappa shape index (κ3) is 3.35. The molecule has 0 spiro atoms. The van der Waals surface area contributed by atoms with Gasteiger partial charge in [-0.05, 0) is 37.8 Å². The largest absolute Gasteiger partial charge is 0.356 e. The second-order valence-electron chi connectivity index (χ2n) is 5.99. The number of rotatable bonds is 3. The summed E-state index contributed by atoms with van der Waals surface area (Å²) in [6.45, 7) is 6.22. The number of para-hydroxylation sites is 1. The highest BCUT2D eigenvalue weighted by Crippen LogP contribution is 2.24. The average Bonchev–Trinajstić information content (AvgIpc) is 2.49. The highest BCUT2D eigenvalue weighted by molar-refractivity contribution is 5.56. The van der Waals surface area contributed by atoms with Gasteiger partial charge in [-0.2, -0.15) is 4.98 Å². The summed E-state index contributed by atoms with van der Waals surface area (Å²) in [4.78, 5) is 11.2. The molecule has 1 aromatic carbocycles. The van der Waals surface area contributed by atoms with E-state index in [9.17, 15) is 4.39 Å². The minimum absolute atomic E-state index is 0.305. The lowest BCUT2D eigenvalue weighted by molar-refractivity contribution is 0.444. The number of hydrogen-bond donors (Lipinski definition) is 1. The van der Waals surface area contributed by atoms with Crippen LogP contribution >= 0.6 is 0 Å². The van der Waals surface area contributed by atoms with Crippen molar-refractivity contribution in [2.45, 2.75) is 26.7 Å². The van der Waals surface area contributed by atoms with Crippen LogP contribution in [-0.2, 0) is 0 Å². The first-order valence-electron chi connectivity index (χ1n) is 7.74. The van der Waals surface area contributed by atoms with Crippen LogP contribution < -0.4 is 10.2 Å². The van der Waals surface area contributed by atoms with E-state index in [1.165, 1.54) is 18.9 Å². The molecule has 1 aliphatic heterocycles. The summed E-state index contributed by atoms with van der Waals surface area (Å²) in [6, 6.07) is 8.55. The number of benzene rings is 1. The van der Waals surface area contributed by atoms with E-state index in [1.54, 1.807) is 18.2 Å². The molecular weight excluding hydrogens is 279 g/mol. The van der Waals surface area contributed by atoms with Crippen LogP contribution in [0.25, 0.3) is 0 Å². The molecule has 1 aromatic heterocycles. The fourth-order valence-corrected chi connectivity index (χ4v) is 2.85. The molecule has 5 heteroatoms. The summed E-state index contributed by atoms with van der Waals surface area (Å²) in [7, 11) is 0. The van der Waals surface area contributed by atoms with Crippen LogP contribution in [0.4, 0.5) is 21.8 Å². The van der Waals surface area contributed by atoms with E-state index in [1.807, 2.05) is 13.0 Å². The second-order valence-corrected chi connectivity index (χ2v) is 5.99.